The fraction of sp³-hybridized carbons (Fsp3) is 0.0833. The van der Waals surface area contributed by atoms with Crippen LogP contribution in [0.2, 0.25) is 10.0 Å². The largest absolute Gasteiger partial charge is 0.493 e. The van der Waals surface area contributed by atoms with Gasteiger partial charge in [-0.05, 0) is 75.6 Å². The zero-order chi connectivity index (χ0) is 23.5. The number of hydrogen-bond donors (Lipinski definition) is 1. The molecule has 0 radical (unpaired) electrons. The highest BCUT2D eigenvalue weighted by Gasteiger charge is 2.35. The van der Waals surface area contributed by atoms with Crippen LogP contribution < -0.4 is 19.7 Å². The molecule has 1 aliphatic heterocycles. The van der Waals surface area contributed by atoms with Crippen molar-refractivity contribution in [1.29, 1.82) is 0 Å². The molecule has 1 N–H and O–H groups in total. The van der Waals surface area contributed by atoms with Crippen LogP contribution in [0.1, 0.15) is 11.1 Å². The normalized spacial score (nSPS) is 14.5. The first-order chi connectivity index (χ1) is 15.9. The molecule has 0 aliphatic carbocycles. The molecule has 0 aromatic heterocycles. The molecular formula is C24H17BrCl2N2O4. The minimum atomic E-state index is -0.553. The molecule has 1 aliphatic rings. The van der Waals surface area contributed by atoms with Crippen molar-refractivity contribution < 1.29 is 19.1 Å². The summed E-state index contributed by atoms with van der Waals surface area (Å²) in [5.74, 6) is 0.492. The molecule has 1 saturated heterocycles. The smallest absolute Gasteiger partial charge is 0.333 e. The van der Waals surface area contributed by atoms with Crippen molar-refractivity contribution in [1.82, 2.24) is 5.32 Å². The van der Waals surface area contributed by atoms with Crippen molar-refractivity contribution in [3.8, 4) is 11.5 Å². The Labute approximate surface area is 208 Å². The average Bonchev–Trinajstić information content (AvgIpc) is 3.06. The number of halogens is 3. The van der Waals surface area contributed by atoms with Crippen molar-refractivity contribution in [2.75, 3.05) is 12.0 Å². The third-order valence-electron chi connectivity index (χ3n) is 4.80. The summed E-state index contributed by atoms with van der Waals surface area (Å²) < 4.78 is 12.1. The van der Waals surface area contributed by atoms with Gasteiger partial charge in [-0.1, -0.05) is 41.4 Å². The zero-order valence-electron chi connectivity index (χ0n) is 17.3. The van der Waals surface area contributed by atoms with Crippen LogP contribution in [0.25, 0.3) is 6.08 Å². The minimum Gasteiger partial charge on any atom is -0.493 e. The van der Waals surface area contributed by atoms with E-state index in [0.29, 0.717) is 43.9 Å². The van der Waals surface area contributed by atoms with Crippen LogP contribution in [-0.4, -0.2) is 19.0 Å². The Hall–Kier alpha value is -3.00. The number of benzene rings is 3. The number of urea groups is 1. The second-order valence-corrected chi connectivity index (χ2v) is 8.79. The molecule has 0 unspecified atom stereocenters. The van der Waals surface area contributed by atoms with Crippen molar-refractivity contribution in [2.24, 2.45) is 0 Å². The lowest BCUT2D eigenvalue weighted by atomic mass is 10.1. The summed E-state index contributed by atoms with van der Waals surface area (Å²) in [6, 6.07) is 16.8. The summed E-state index contributed by atoms with van der Waals surface area (Å²) in [4.78, 5) is 26.3. The molecule has 33 heavy (non-hydrogen) atoms. The van der Waals surface area contributed by atoms with E-state index in [1.54, 1.807) is 54.6 Å². The predicted molar refractivity (Wildman–Crippen MR) is 132 cm³/mol. The average molecular weight is 548 g/mol. The number of imide groups is 1. The Bertz CT molecular complexity index is 1260. The highest BCUT2D eigenvalue weighted by molar-refractivity contribution is 9.10. The number of methoxy groups -OCH3 is 1. The van der Waals surface area contributed by atoms with E-state index < -0.39 is 11.9 Å². The maximum Gasteiger partial charge on any atom is 0.333 e. The van der Waals surface area contributed by atoms with Gasteiger partial charge in [-0.3, -0.25) is 4.79 Å². The van der Waals surface area contributed by atoms with Gasteiger partial charge in [-0.25, -0.2) is 9.69 Å². The van der Waals surface area contributed by atoms with Crippen molar-refractivity contribution in [3.05, 3.63) is 92.0 Å². The fourth-order valence-corrected chi connectivity index (χ4v) is 4.14. The highest BCUT2D eigenvalue weighted by atomic mass is 79.9. The van der Waals surface area contributed by atoms with Crippen LogP contribution in [0, 0.1) is 0 Å². The second kappa shape index (κ2) is 9.87. The fourth-order valence-electron chi connectivity index (χ4n) is 3.25. The number of carbonyl (C=O) groups excluding carboxylic acids is 2. The van der Waals surface area contributed by atoms with Crippen LogP contribution in [0.4, 0.5) is 10.5 Å². The number of carbonyl (C=O) groups is 2. The molecule has 168 valence electrons. The van der Waals surface area contributed by atoms with E-state index in [2.05, 4.69) is 21.2 Å². The Balaban J connectivity index is 1.58. The van der Waals surface area contributed by atoms with Crippen LogP contribution in [-0.2, 0) is 11.4 Å². The molecule has 3 aromatic carbocycles. The summed E-state index contributed by atoms with van der Waals surface area (Å²) in [6.45, 7) is 0.315. The predicted octanol–water partition coefficient (Wildman–Crippen LogP) is 6.44. The van der Waals surface area contributed by atoms with Crippen molar-refractivity contribution in [2.45, 2.75) is 6.61 Å². The van der Waals surface area contributed by atoms with Gasteiger partial charge in [0.1, 0.15) is 12.3 Å². The lowest BCUT2D eigenvalue weighted by Gasteiger charge is -2.14. The summed E-state index contributed by atoms with van der Waals surface area (Å²) in [5.41, 5.74) is 2.09. The highest BCUT2D eigenvalue weighted by Crippen LogP contribution is 2.38. The molecule has 1 heterocycles. The number of ether oxygens (including phenoxy) is 2. The molecule has 9 heteroatoms. The second-order valence-electron chi connectivity index (χ2n) is 7.06. The standard InChI is InChI=1S/C24H17BrCl2N2O4/c1-32-21-11-15(9-19(25)22(21)33-13-14-5-7-16(26)8-6-14)10-20-23(30)29(24(31)28-20)18-4-2-3-17(27)12-18/h2-12H,13H2,1H3,(H,28,31)/b20-10+. The Kier molecular flexibility index (Phi) is 6.93. The summed E-state index contributed by atoms with van der Waals surface area (Å²) in [7, 11) is 1.53. The molecule has 1 fully saturated rings. The summed E-state index contributed by atoms with van der Waals surface area (Å²) in [5, 5.41) is 3.68. The Morgan fingerprint density at radius 3 is 2.48 bits per heavy atom. The summed E-state index contributed by atoms with van der Waals surface area (Å²) >= 11 is 15.4. The SMILES string of the molecule is COc1cc(/C=C2/NC(=O)N(c3cccc(Cl)c3)C2=O)cc(Br)c1OCc1ccc(Cl)cc1. The number of rotatable bonds is 6. The van der Waals surface area contributed by atoms with E-state index in [1.165, 1.54) is 7.11 Å². The van der Waals surface area contributed by atoms with Gasteiger partial charge in [-0.2, -0.15) is 0 Å². The van der Waals surface area contributed by atoms with Gasteiger partial charge >= 0.3 is 6.03 Å². The number of nitrogens with zero attached hydrogens (tertiary/aromatic N) is 1. The zero-order valence-corrected chi connectivity index (χ0v) is 20.4. The Morgan fingerprint density at radius 2 is 1.79 bits per heavy atom. The molecule has 3 amide bonds. The summed E-state index contributed by atoms with van der Waals surface area (Å²) in [6.07, 6.45) is 1.57. The van der Waals surface area contributed by atoms with Crippen LogP contribution >= 0.6 is 39.1 Å². The van der Waals surface area contributed by atoms with E-state index in [0.717, 1.165) is 10.5 Å². The van der Waals surface area contributed by atoms with Gasteiger partial charge < -0.3 is 14.8 Å². The topological polar surface area (TPSA) is 67.9 Å². The molecule has 0 atom stereocenters. The number of amides is 3. The number of nitrogens with one attached hydrogen (secondary N) is 1. The molecule has 4 rings (SSSR count). The van der Waals surface area contributed by atoms with Gasteiger partial charge in [0.05, 0.1) is 17.3 Å². The van der Waals surface area contributed by atoms with Crippen LogP contribution in [0.3, 0.4) is 0 Å². The number of anilines is 1. The van der Waals surface area contributed by atoms with Crippen LogP contribution in [0.15, 0.2) is 70.8 Å². The third kappa shape index (κ3) is 5.16. The third-order valence-corrected chi connectivity index (χ3v) is 5.88. The molecule has 3 aromatic rings. The molecule has 6 nitrogen and oxygen atoms in total. The first-order valence-electron chi connectivity index (χ1n) is 9.73. The van der Waals surface area contributed by atoms with Crippen molar-refractivity contribution >= 4 is 62.8 Å². The first-order valence-corrected chi connectivity index (χ1v) is 11.3. The van der Waals surface area contributed by atoms with E-state index in [9.17, 15) is 9.59 Å². The van der Waals surface area contributed by atoms with E-state index in [4.69, 9.17) is 32.7 Å². The minimum absolute atomic E-state index is 0.128. The lowest BCUT2D eigenvalue weighted by molar-refractivity contribution is -0.113. The van der Waals surface area contributed by atoms with Gasteiger partial charge in [-0.15, -0.1) is 0 Å². The lowest BCUT2D eigenvalue weighted by Crippen LogP contribution is -2.30. The molecule has 0 bridgehead atoms. The quantitative estimate of drug-likeness (QED) is 0.285. The van der Waals surface area contributed by atoms with E-state index >= 15 is 0 Å². The van der Waals surface area contributed by atoms with E-state index in [1.807, 2.05) is 12.1 Å². The molecule has 0 spiro atoms. The van der Waals surface area contributed by atoms with Gasteiger partial charge in [0, 0.05) is 10.0 Å². The maximum absolute atomic E-state index is 12.9. The van der Waals surface area contributed by atoms with Gasteiger partial charge in [0.15, 0.2) is 11.5 Å². The first kappa shape index (κ1) is 23.2. The number of hydrogen-bond acceptors (Lipinski definition) is 4. The van der Waals surface area contributed by atoms with Gasteiger partial charge in [0.25, 0.3) is 5.91 Å². The molecule has 0 saturated carbocycles. The monoisotopic (exact) mass is 546 g/mol. The van der Waals surface area contributed by atoms with Crippen LogP contribution in [0.5, 0.6) is 11.5 Å². The Morgan fingerprint density at radius 1 is 1.03 bits per heavy atom. The van der Waals surface area contributed by atoms with Gasteiger partial charge in [0.2, 0.25) is 0 Å². The van der Waals surface area contributed by atoms with Crippen molar-refractivity contribution in [3.63, 3.8) is 0 Å². The molecular weight excluding hydrogens is 531 g/mol. The maximum atomic E-state index is 12.9. The van der Waals surface area contributed by atoms with E-state index in [-0.39, 0.29) is 5.70 Å².